The quantitative estimate of drug-likeness (QED) is 0.563. The minimum Gasteiger partial charge on any atom is -0.497 e. The molecule has 3 rings (SSSR count). The predicted molar refractivity (Wildman–Crippen MR) is 106 cm³/mol. The molecule has 0 aliphatic heterocycles. The first-order chi connectivity index (χ1) is 14.5. The molecule has 0 aliphatic rings. The van der Waals surface area contributed by atoms with Crippen LogP contribution in [0.1, 0.15) is 29.3 Å². The highest BCUT2D eigenvalue weighted by atomic mass is 16.6. The van der Waals surface area contributed by atoms with E-state index in [1.807, 2.05) is 30.3 Å². The second-order valence-corrected chi connectivity index (χ2v) is 6.23. The SMILES string of the molecule is COc1cc(OC)cc(C(=O)NCC(=O)O[C@H](C)c2nnc(-c3ccccc3)o2)c1. The van der Waals surface area contributed by atoms with Crippen molar-refractivity contribution in [1.82, 2.24) is 15.5 Å². The van der Waals surface area contributed by atoms with Gasteiger partial charge in [-0.1, -0.05) is 18.2 Å². The maximum absolute atomic E-state index is 12.3. The molecule has 0 spiro atoms. The first kappa shape index (κ1) is 20.8. The van der Waals surface area contributed by atoms with Gasteiger partial charge in [-0.2, -0.15) is 0 Å². The van der Waals surface area contributed by atoms with Crippen molar-refractivity contribution >= 4 is 11.9 Å². The van der Waals surface area contributed by atoms with Gasteiger partial charge in [0.15, 0.2) is 6.10 Å². The summed E-state index contributed by atoms with van der Waals surface area (Å²) in [4.78, 5) is 24.4. The van der Waals surface area contributed by atoms with E-state index in [4.69, 9.17) is 18.6 Å². The second kappa shape index (κ2) is 9.55. The van der Waals surface area contributed by atoms with Crippen molar-refractivity contribution in [2.45, 2.75) is 13.0 Å². The molecule has 9 heteroatoms. The molecule has 1 amide bonds. The van der Waals surface area contributed by atoms with Gasteiger partial charge in [0.2, 0.25) is 5.89 Å². The Bertz CT molecular complexity index is 996. The first-order valence-corrected chi connectivity index (χ1v) is 9.09. The zero-order chi connectivity index (χ0) is 21.5. The van der Waals surface area contributed by atoms with Crippen LogP contribution in [0.4, 0.5) is 0 Å². The summed E-state index contributed by atoms with van der Waals surface area (Å²) in [6, 6.07) is 14.0. The Balaban J connectivity index is 1.56. The van der Waals surface area contributed by atoms with Crippen molar-refractivity contribution in [2.24, 2.45) is 0 Å². The lowest BCUT2D eigenvalue weighted by molar-refractivity contribution is -0.148. The van der Waals surface area contributed by atoms with Gasteiger partial charge in [0.1, 0.15) is 18.0 Å². The van der Waals surface area contributed by atoms with Crippen LogP contribution in [-0.2, 0) is 9.53 Å². The number of hydrogen-bond acceptors (Lipinski definition) is 8. The molecular formula is C21H21N3O6. The van der Waals surface area contributed by atoms with Crippen LogP contribution >= 0.6 is 0 Å². The number of benzene rings is 2. The van der Waals surface area contributed by atoms with Crippen LogP contribution in [0.3, 0.4) is 0 Å². The molecule has 9 nitrogen and oxygen atoms in total. The maximum atomic E-state index is 12.3. The predicted octanol–water partition coefficient (Wildman–Crippen LogP) is 2.79. The molecular weight excluding hydrogens is 390 g/mol. The minimum absolute atomic E-state index is 0.158. The second-order valence-electron chi connectivity index (χ2n) is 6.23. The Hall–Kier alpha value is -3.88. The molecule has 0 saturated carbocycles. The van der Waals surface area contributed by atoms with Crippen LogP contribution in [0.15, 0.2) is 52.9 Å². The lowest BCUT2D eigenvalue weighted by Crippen LogP contribution is -2.31. The average Bonchev–Trinajstić information content (AvgIpc) is 3.28. The number of carbonyl (C=O) groups is 2. The molecule has 2 aromatic carbocycles. The van der Waals surface area contributed by atoms with Crippen LogP contribution in [0.5, 0.6) is 11.5 Å². The van der Waals surface area contributed by atoms with E-state index >= 15 is 0 Å². The van der Waals surface area contributed by atoms with Gasteiger partial charge in [-0.25, -0.2) is 0 Å². The lowest BCUT2D eigenvalue weighted by atomic mass is 10.2. The van der Waals surface area contributed by atoms with Crippen molar-refractivity contribution in [2.75, 3.05) is 20.8 Å². The monoisotopic (exact) mass is 411 g/mol. The van der Waals surface area contributed by atoms with Crippen molar-refractivity contribution in [3.05, 3.63) is 60.0 Å². The molecule has 0 saturated heterocycles. The fraction of sp³-hybridized carbons (Fsp3) is 0.238. The number of amides is 1. The molecule has 0 radical (unpaired) electrons. The Morgan fingerprint density at radius 1 is 1.03 bits per heavy atom. The van der Waals surface area contributed by atoms with Gasteiger partial charge in [-0.05, 0) is 31.2 Å². The van der Waals surface area contributed by atoms with E-state index in [-0.39, 0.29) is 18.0 Å². The molecule has 0 fully saturated rings. The third-order valence-corrected chi connectivity index (χ3v) is 4.12. The van der Waals surface area contributed by atoms with Crippen molar-refractivity contribution in [1.29, 1.82) is 0 Å². The number of carbonyl (C=O) groups excluding carboxylic acids is 2. The minimum atomic E-state index is -0.767. The van der Waals surface area contributed by atoms with Crippen molar-refractivity contribution in [3.63, 3.8) is 0 Å². The third kappa shape index (κ3) is 5.13. The third-order valence-electron chi connectivity index (χ3n) is 4.12. The van der Waals surface area contributed by atoms with Gasteiger partial charge in [-0.15, -0.1) is 10.2 Å². The molecule has 30 heavy (non-hydrogen) atoms. The van der Waals surface area contributed by atoms with E-state index in [2.05, 4.69) is 15.5 Å². The number of nitrogens with zero attached hydrogens (tertiary/aromatic N) is 2. The molecule has 3 aromatic rings. The standard InChI is InChI=1S/C21H21N3O6/c1-13(20-23-24-21(30-20)14-7-5-4-6-8-14)29-18(25)12-22-19(26)15-9-16(27-2)11-17(10-15)28-3/h4-11,13H,12H2,1-3H3,(H,22,26)/t13-/m1/s1. The number of nitrogens with one attached hydrogen (secondary N) is 1. The van der Waals surface area contributed by atoms with Crippen LogP contribution in [-0.4, -0.2) is 42.8 Å². The number of aromatic nitrogens is 2. The zero-order valence-corrected chi connectivity index (χ0v) is 16.7. The van der Waals surface area contributed by atoms with Crippen molar-refractivity contribution < 1.29 is 28.2 Å². The van der Waals surface area contributed by atoms with Gasteiger partial charge in [-0.3, -0.25) is 9.59 Å². The Labute approximate surface area is 173 Å². The van der Waals surface area contributed by atoms with E-state index in [1.165, 1.54) is 26.4 Å². The number of hydrogen-bond donors (Lipinski definition) is 1. The van der Waals surface area contributed by atoms with Crippen molar-refractivity contribution in [3.8, 4) is 23.0 Å². The molecule has 156 valence electrons. The summed E-state index contributed by atoms with van der Waals surface area (Å²) in [5, 5.41) is 10.4. The van der Waals surface area contributed by atoms with E-state index in [9.17, 15) is 9.59 Å². The van der Waals surface area contributed by atoms with Gasteiger partial charge in [0.05, 0.1) is 14.2 Å². The van der Waals surface area contributed by atoms with Gasteiger partial charge >= 0.3 is 5.97 Å². The normalized spacial score (nSPS) is 11.4. The summed E-state index contributed by atoms with van der Waals surface area (Å²) in [5.41, 5.74) is 1.05. The van der Waals surface area contributed by atoms with Gasteiger partial charge in [0.25, 0.3) is 11.8 Å². The Kier molecular flexibility index (Phi) is 6.63. The fourth-order valence-corrected chi connectivity index (χ4v) is 2.58. The van der Waals surface area contributed by atoms with E-state index in [0.29, 0.717) is 17.4 Å². The Morgan fingerprint density at radius 2 is 1.70 bits per heavy atom. The molecule has 0 unspecified atom stereocenters. The topological polar surface area (TPSA) is 113 Å². The summed E-state index contributed by atoms with van der Waals surface area (Å²) >= 11 is 0. The smallest absolute Gasteiger partial charge is 0.326 e. The first-order valence-electron chi connectivity index (χ1n) is 9.09. The highest BCUT2D eigenvalue weighted by Crippen LogP contribution is 2.23. The molecule has 1 N–H and O–H groups in total. The average molecular weight is 411 g/mol. The Morgan fingerprint density at radius 3 is 2.33 bits per heavy atom. The molecule has 1 heterocycles. The number of rotatable bonds is 8. The van der Waals surface area contributed by atoms with Crippen LogP contribution in [0.2, 0.25) is 0 Å². The summed E-state index contributed by atoms with van der Waals surface area (Å²) in [6.45, 7) is 1.28. The zero-order valence-electron chi connectivity index (χ0n) is 16.7. The van der Waals surface area contributed by atoms with E-state index in [0.717, 1.165) is 5.56 Å². The van der Waals surface area contributed by atoms with E-state index in [1.54, 1.807) is 13.0 Å². The number of methoxy groups -OCH3 is 2. The largest absolute Gasteiger partial charge is 0.497 e. The highest BCUT2D eigenvalue weighted by molar-refractivity contribution is 5.96. The van der Waals surface area contributed by atoms with Crippen LogP contribution in [0.25, 0.3) is 11.5 Å². The number of ether oxygens (including phenoxy) is 3. The molecule has 0 bridgehead atoms. The molecule has 1 aromatic heterocycles. The summed E-state index contributed by atoms with van der Waals surface area (Å²) in [5.74, 6) is 0.286. The van der Waals surface area contributed by atoms with Crippen LogP contribution < -0.4 is 14.8 Å². The summed E-state index contributed by atoms with van der Waals surface area (Å²) in [7, 11) is 2.96. The fourth-order valence-electron chi connectivity index (χ4n) is 2.58. The summed E-state index contributed by atoms with van der Waals surface area (Å²) in [6.07, 6.45) is -0.767. The van der Waals surface area contributed by atoms with Gasteiger partial charge in [0, 0.05) is 17.2 Å². The maximum Gasteiger partial charge on any atom is 0.326 e. The molecule has 0 aliphatic carbocycles. The highest BCUT2D eigenvalue weighted by Gasteiger charge is 2.20. The van der Waals surface area contributed by atoms with E-state index < -0.39 is 18.0 Å². The van der Waals surface area contributed by atoms with Crippen LogP contribution in [0, 0.1) is 0 Å². The number of esters is 1. The van der Waals surface area contributed by atoms with Gasteiger partial charge < -0.3 is 23.9 Å². The lowest BCUT2D eigenvalue weighted by Gasteiger charge is -2.11. The molecule has 1 atom stereocenters. The summed E-state index contributed by atoms with van der Waals surface area (Å²) < 4.78 is 21.1.